The van der Waals surface area contributed by atoms with Crippen molar-refractivity contribution in [2.45, 2.75) is 6.54 Å². The first-order valence-electron chi connectivity index (χ1n) is 7.06. The van der Waals surface area contributed by atoms with Gasteiger partial charge in [-0.05, 0) is 52.4 Å². The average molecular weight is 460 g/mol. The van der Waals surface area contributed by atoms with Gasteiger partial charge < -0.3 is 4.74 Å². The van der Waals surface area contributed by atoms with Gasteiger partial charge in [-0.1, -0.05) is 30.3 Å². The van der Waals surface area contributed by atoms with Crippen LogP contribution in [0.5, 0.6) is 5.75 Å². The fraction of sp³-hybridized carbons (Fsp3) is 0.188. The molecule has 2 aromatic carbocycles. The van der Waals surface area contributed by atoms with Gasteiger partial charge in [0.25, 0.3) is 5.91 Å². The molecule has 24 heavy (non-hydrogen) atoms. The first-order chi connectivity index (χ1) is 11.4. The Kier molecular flexibility index (Phi) is 6.58. The highest BCUT2D eigenvalue weighted by molar-refractivity contribution is 14.1. The summed E-state index contributed by atoms with van der Waals surface area (Å²) in [7, 11) is -2.51. The average Bonchev–Trinajstić information content (AvgIpc) is 2.55. The highest BCUT2D eigenvalue weighted by Gasteiger charge is 2.20. The number of hydrogen-bond acceptors (Lipinski definition) is 4. The normalized spacial score (nSPS) is 11.3. The minimum absolute atomic E-state index is 0.168. The van der Waals surface area contributed by atoms with Crippen LogP contribution in [0.15, 0.2) is 54.6 Å². The van der Waals surface area contributed by atoms with Gasteiger partial charge in [-0.2, -0.15) is 12.7 Å². The second-order valence-corrected chi connectivity index (χ2v) is 8.04. The molecule has 1 amide bonds. The van der Waals surface area contributed by atoms with E-state index in [2.05, 4.69) is 22.6 Å². The molecule has 2 rings (SSSR count). The van der Waals surface area contributed by atoms with E-state index in [9.17, 15) is 13.2 Å². The van der Waals surface area contributed by atoms with Crippen molar-refractivity contribution >= 4 is 38.7 Å². The van der Waals surface area contributed by atoms with Crippen molar-refractivity contribution in [3.05, 3.63) is 63.7 Å². The lowest BCUT2D eigenvalue weighted by Crippen LogP contribution is -2.43. The molecule has 0 saturated carbocycles. The van der Waals surface area contributed by atoms with Crippen LogP contribution in [0.4, 0.5) is 0 Å². The topological polar surface area (TPSA) is 75.7 Å². The van der Waals surface area contributed by atoms with E-state index in [4.69, 9.17) is 4.74 Å². The minimum Gasteiger partial charge on any atom is -0.484 e. The van der Waals surface area contributed by atoms with E-state index < -0.39 is 16.1 Å². The Morgan fingerprint density at radius 2 is 1.75 bits per heavy atom. The van der Waals surface area contributed by atoms with Crippen molar-refractivity contribution < 1.29 is 17.9 Å². The molecule has 0 aliphatic carbocycles. The molecule has 0 heterocycles. The Morgan fingerprint density at radius 3 is 2.38 bits per heavy atom. The zero-order chi connectivity index (χ0) is 17.6. The summed E-state index contributed by atoms with van der Waals surface area (Å²) in [4.78, 5) is 11.8. The Bertz CT molecular complexity index is 779. The van der Waals surface area contributed by atoms with Gasteiger partial charge in [-0.25, -0.2) is 4.72 Å². The lowest BCUT2D eigenvalue weighted by atomic mass is 10.2. The van der Waals surface area contributed by atoms with E-state index in [1.807, 2.05) is 47.2 Å². The van der Waals surface area contributed by atoms with E-state index >= 15 is 0 Å². The molecule has 0 aliphatic rings. The van der Waals surface area contributed by atoms with Gasteiger partial charge in [-0.15, -0.1) is 0 Å². The molecule has 1 N–H and O–H groups in total. The van der Waals surface area contributed by atoms with Crippen molar-refractivity contribution in [1.29, 1.82) is 0 Å². The Hall–Kier alpha value is -1.65. The molecule has 0 fully saturated rings. The predicted octanol–water partition coefficient (Wildman–Crippen LogP) is 2.16. The Labute approximate surface area is 155 Å². The van der Waals surface area contributed by atoms with Crippen LogP contribution in [0.25, 0.3) is 0 Å². The fourth-order valence-corrected chi connectivity index (χ4v) is 3.04. The molecule has 0 aromatic heterocycles. The maximum atomic E-state index is 12.1. The van der Waals surface area contributed by atoms with Crippen LogP contribution in [-0.4, -0.2) is 32.3 Å². The Balaban J connectivity index is 1.88. The lowest BCUT2D eigenvalue weighted by molar-refractivity contribution is -0.121. The van der Waals surface area contributed by atoms with Crippen LogP contribution in [0.2, 0.25) is 0 Å². The highest BCUT2D eigenvalue weighted by Crippen LogP contribution is 2.13. The molecule has 0 aliphatic heterocycles. The standard InChI is InChI=1S/C16H17IN2O4S/c1-19(11-13-5-3-2-4-6-13)24(21,22)18-16(20)12-23-15-9-7-14(17)8-10-15/h2-10H,11-12H2,1H3,(H,18,20). The molecule has 2 aromatic rings. The summed E-state index contributed by atoms with van der Waals surface area (Å²) in [5.74, 6) is -0.228. The third-order valence-corrected chi connectivity index (χ3v) is 5.24. The van der Waals surface area contributed by atoms with Crippen molar-refractivity contribution in [2.75, 3.05) is 13.7 Å². The van der Waals surface area contributed by atoms with E-state index in [1.54, 1.807) is 12.1 Å². The van der Waals surface area contributed by atoms with Gasteiger partial charge in [0.05, 0.1) is 0 Å². The zero-order valence-electron chi connectivity index (χ0n) is 13.0. The second-order valence-electron chi connectivity index (χ2n) is 5.01. The van der Waals surface area contributed by atoms with Gasteiger partial charge in [0, 0.05) is 17.2 Å². The van der Waals surface area contributed by atoms with Crippen LogP contribution in [0, 0.1) is 3.57 Å². The summed E-state index contributed by atoms with van der Waals surface area (Å²) in [6.07, 6.45) is 0. The van der Waals surface area contributed by atoms with E-state index in [0.717, 1.165) is 13.4 Å². The van der Waals surface area contributed by atoms with Gasteiger partial charge >= 0.3 is 10.2 Å². The maximum absolute atomic E-state index is 12.1. The van der Waals surface area contributed by atoms with Crippen molar-refractivity contribution in [2.24, 2.45) is 0 Å². The van der Waals surface area contributed by atoms with Crippen LogP contribution < -0.4 is 9.46 Å². The summed E-state index contributed by atoms with van der Waals surface area (Å²) >= 11 is 2.15. The highest BCUT2D eigenvalue weighted by atomic mass is 127. The number of rotatable bonds is 7. The van der Waals surface area contributed by atoms with Crippen molar-refractivity contribution in [1.82, 2.24) is 9.03 Å². The third-order valence-electron chi connectivity index (χ3n) is 3.08. The molecule has 0 radical (unpaired) electrons. The third kappa shape index (κ3) is 5.77. The number of hydrogen-bond donors (Lipinski definition) is 1. The molecule has 8 heteroatoms. The number of benzene rings is 2. The molecule has 0 bridgehead atoms. The summed E-state index contributed by atoms with van der Waals surface area (Å²) in [6.45, 7) is -0.208. The second kappa shape index (κ2) is 8.45. The maximum Gasteiger partial charge on any atom is 0.303 e. The summed E-state index contributed by atoms with van der Waals surface area (Å²) in [5.41, 5.74) is 0.827. The quantitative estimate of drug-likeness (QED) is 0.643. The molecular formula is C16H17IN2O4S. The van der Waals surface area contributed by atoms with Gasteiger partial charge in [-0.3, -0.25) is 4.79 Å². The smallest absolute Gasteiger partial charge is 0.303 e. The molecule has 0 saturated heterocycles. The molecule has 0 atom stereocenters. The molecule has 128 valence electrons. The van der Waals surface area contributed by atoms with Crippen LogP contribution in [-0.2, 0) is 21.5 Å². The number of nitrogens with one attached hydrogen (secondary N) is 1. The van der Waals surface area contributed by atoms with Gasteiger partial charge in [0.15, 0.2) is 6.61 Å². The molecule has 0 unspecified atom stereocenters. The lowest BCUT2D eigenvalue weighted by Gasteiger charge is -2.17. The number of nitrogens with zero attached hydrogens (tertiary/aromatic N) is 1. The predicted molar refractivity (Wildman–Crippen MR) is 99.6 cm³/mol. The van der Waals surface area contributed by atoms with Gasteiger partial charge in [0.2, 0.25) is 0 Å². The van der Waals surface area contributed by atoms with Crippen LogP contribution >= 0.6 is 22.6 Å². The molecular weight excluding hydrogens is 443 g/mol. The monoisotopic (exact) mass is 460 g/mol. The molecule has 0 spiro atoms. The van der Waals surface area contributed by atoms with E-state index in [-0.39, 0.29) is 13.2 Å². The number of carbonyl (C=O) groups excluding carboxylic acids is 1. The number of carbonyl (C=O) groups is 1. The number of ether oxygens (including phenoxy) is 1. The van der Waals surface area contributed by atoms with Crippen molar-refractivity contribution in [3.8, 4) is 5.75 Å². The van der Waals surface area contributed by atoms with Crippen LogP contribution in [0.1, 0.15) is 5.56 Å². The van der Waals surface area contributed by atoms with Gasteiger partial charge in [0.1, 0.15) is 5.75 Å². The minimum atomic E-state index is -3.92. The summed E-state index contributed by atoms with van der Waals surface area (Å²) < 4.78 is 33.6. The SMILES string of the molecule is CN(Cc1ccccc1)S(=O)(=O)NC(=O)COc1ccc(I)cc1. The Morgan fingerprint density at radius 1 is 1.12 bits per heavy atom. The summed E-state index contributed by atoms with van der Waals surface area (Å²) in [5, 5.41) is 0. The first kappa shape index (κ1) is 18.7. The van der Waals surface area contributed by atoms with Crippen LogP contribution in [0.3, 0.4) is 0 Å². The number of halogens is 1. The summed E-state index contributed by atoms with van der Waals surface area (Å²) in [6, 6.07) is 16.2. The largest absolute Gasteiger partial charge is 0.484 e. The van der Waals surface area contributed by atoms with E-state index in [1.165, 1.54) is 7.05 Å². The first-order valence-corrected chi connectivity index (χ1v) is 9.58. The molecule has 6 nitrogen and oxygen atoms in total. The van der Waals surface area contributed by atoms with Crippen molar-refractivity contribution in [3.63, 3.8) is 0 Å². The zero-order valence-corrected chi connectivity index (χ0v) is 16.0. The number of amides is 1. The van der Waals surface area contributed by atoms with E-state index in [0.29, 0.717) is 5.75 Å². The fourth-order valence-electron chi connectivity index (χ4n) is 1.86.